The second-order valence-electron chi connectivity index (χ2n) is 6.74. The van der Waals surface area contributed by atoms with Crippen molar-refractivity contribution in [2.24, 2.45) is 0 Å². The number of aromatic amines is 1. The fraction of sp³-hybridized carbons (Fsp3) is 0.190. The Morgan fingerprint density at radius 3 is 2.85 bits per heavy atom. The van der Waals surface area contributed by atoms with Gasteiger partial charge in [-0.3, -0.25) is 9.88 Å². The predicted octanol–water partition coefficient (Wildman–Crippen LogP) is 3.58. The van der Waals surface area contributed by atoms with Crippen LogP contribution in [0.25, 0.3) is 22.3 Å². The normalized spacial score (nSPS) is 14.5. The number of para-hydroxylation sites is 1. The molecule has 1 aromatic carbocycles. The smallest absolute Gasteiger partial charge is 0.159 e. The Hall–Kier alpha value is -3.05. The van der Waals surface area contributed by atoms with Crippen molar-refractivity contribution in [1.29, 1.82) is 0 Å². The Labute approximate surface area is 151 Å². The number of aromatic nitrogens is 4. The van der Waals surface area contributed by atoms with Crippen molar-refractivity contribution in [2.45, 2.75) is 19.5 Å². The standard InChI is InChI=1S/C21H19N5/c1-2-4-19-16(3-1)11-18(24-19)13-26-10-7-17-12-23-21(25-20(17)14-26)15-5-8-22-9-6-15/h1-6,8-9,11-12,24H,7,10,13-14H2. The largest absolute Gasteiger partial charge is 0.357 e. The molecule has 1 N–H and O–H groups in total. The number of pyridine rings is 1. The van der Waals surface area contributed by atoms with Gasteiger partial charge < -0.3 is 4.98 Å². The fourth-order valence-electron chi connectivity index (χ4n) is 3.59. The highest BCUT2D eigenvalue weighted by Gasteiger charge is 2.19. The Morgan fingerprint density at radius 1 is 1.08 bits per heavy atom. The molecular weight excluding hydrogens is 322 g/mol. The number of rotatable bonds is 3. The van der Waals surface area contributed by atoms with Gasteiger partial charge in [0.1, 0.15) is 0 Å². The summed E-state index contributed by atoms with van der Waals surface area (Å²) in [6.45, 7) is 2.79. The maximum absolute atomic E-state index is 4.83. The number of hydrogen-bond donors (Lipinski definition) is 1. The van der Waals surface area contributed by atoms with Crippen LogP contribution in [-0.2, 0) is 19.5 Å². The molecule has 5 rings (SSSR count). The first-order chi connectivity index (χ1) is 12.8. The molecule has 26 heavy (non-hydrogen) atoms. The molecule has 0 atom stereocenters. The van der Waals surface area contributed by atoms with E-state index in [9.17, 15) is 0 Å². The lowest BCUT2D eigenvalue weighted by molar-refractivity contribution is 0.239. The lowest BCUT2D eigenvalue weighted by Crippen LogP contribution is -2.31. The van der Waals surface area contributed by atoms with Crippen LogP contribution in [0.2, 0.25) is 0 Å². The molecule has 5 heteroatoms. The molecule has 1 aliphatic rings. The minimum Gasteiger partial charge on any atom is -0.357 e. The van der Waals surface area contributed by atoms with E-state index in [-0.39, 0.29) is 0 Å². The molecule has 0 bridgehead atoms. The molecule has 0 spiro atoms. The van der Waals surface area contributed by atoms with Crippen LogP contribution in [0, 0.1) is 0 Å². The van der Waals surface area contributed by atoms with E-state index in [4.69, 9.17) is 4.98 Å². The van der Waals surface area contributed by atoms with Crippen LogP contribution in [0.1, 0.15) is 17.0 Å². The first kappa shape index (κ1) is 15.2. The van der Waals surface area contributed by atoms with E-state index in [0.29, 0.717) is 0 Å². The maximum atomic E-state index is 4.83. The highest BCUT2D eigenvalue weighted by Crippen LogP contribution is 2.23. The fourth-order valence-corrected chi connectivity index (χ4v) is 3.59. The molecule has 0 aliphatic carbocycles. The van der Waals surface area contributed by atoms with Crippen LogP contribution in [0.15, 0.2) is 61.1 Å². The van der Waals surface area contributed by atoms with Gasteiger partial charge in [0.25, 0.3) is 0 Å². The SMILES string of the molecule is c1ccc2[nH]c(CN3CCc4cnc(-c5ccncc5)nc4C3)cc2c1. The molecule has 4 aromatic rings. The zero-order chi connectivity index (χ0) is 17.3. The van der Waals surface area contributed by atoms with Gasteiger partial charge in [0, 0.05) is 55.0 Å². The average Bonchev–Trinajstić information content (AvgIpc) is 3.10. The molecule has 5 nitrogen and oxygen atoms in total. The van der Waals surface area contributed by atoms with Crippen molar-refractivity contribution < 1.29 is 0 Å². The lowest BCUT2D eigenvalue weighted by atomic mass is 10.1. The van der Waals surface area contributed by atoms with Crippen LogP contribution in [0.5, 0.6) is 0 Å². The minimum absolute atomic E-state index is 0.776. The quantitative estimate of drug-likeness (QED) is 0.619. The topological polar surface area (TPSA) is 57.7 Å². The first-order valence-corrected chi connectivity index (χ1v) is 8.89. The number of nitrogens with zero attached hydrogens (tertiary/aromatic N) is 4. The van der Waals surface area contributed by atoms with Gasteiger partial charge in [-0.2, -0.15) is 0 Å². The van der Waals surface area contributed by atoms with E-state index in [1.165, 1.54) is 22.2 Å². The summed E-state index contributed by atoms with van der Waals surface area (Å²) in [7, 11) is 0. The summed E-state index contributed by atoms with van der Waals surface area (Å²) in [6.07, 6.45) is 6.53. The van der Waals surface area contributed by atoms with Gasteiger partial charge in [0.15, 0.2) is 5.82 Å². The molecule has 0 unspecified atom stereocenters. The first-order valence-electron chi connectivity index (χ1n) is 8.89. The van der Waals surface area contributed by atoms with Gasteiger partial charge in [0.05, 0.1) is 5.69 Å². The third-order valence-electron chi connectivity index (χ3n) is 4.94. The van der Waals surface area contributed by atoms with Crippen molar-refractivity contribution in [3.05, 3.63) is 78.0 Å². The van der Waals surface area contributed by atoms with Crippen molar-refractivity contribution in [1.82, 2.24) is 24.8 Å². The van der Waals surface area contributed by atoms with E-state index >= 15 is 0 Å². The van der Waals surface area contributed by atoms with Gasteiger partial charge in [-0.25, -0.2) is 9.97 Å². The molecular formula is C21H19N5. The molecule has 1 aliphatic heterocycles. The minimum atomic E-state index is 0.776. The highest BCUT2D eigenvalue weighted by atomic mass is 15.1. The van der Waals surface area contributed by atoms with E-state index in [1.807, 2.05) is 18.3 Å². The van der Waals surface area contributed by atoms with Gasteiger partial charge in [-0.05, 0) is 41.6 Å². The Kier molecular flexibility index (Phi) is 3.72. The summed E-state index contributed by atoms with van der Waals surface area (Å²) in [5.41, 5.74) is 5.85. The molecule has 0 radical (unpaired) electrons. The molecule has 128 valence electrons. The van der Waals surface area contributed by atoms with Crippen LogP contribution >= 0.6 is 0 Å². The number of H-pyrrole nitrogens is 1. The molecule has 0 amide bonds. The van der Waals surface area contributed by atoms with E-state index in [2.05, 4.69) is 50.2 Å². The average molecular weight is 341 g/mol. The second kappa shape index (κ2) is 6.35. The highest BCUT2D eigenvalue weighted by molar-refractivity contribution is 5.80. The summed E-state index contributed by atoms with van der Waals surface area (Å²) >= 11 is 0. The number of benzene rings is 1. The molecule has 0 fully saturated rings. The van der Waals surface area contributed by atoms with Crippen molar-refractivity contribution >= 4 is 10.9 Å². The van der Waals surface area contributed by atoms with Crippen LogP contribution in [0.4, 0.5) is 0 Å². The number of fused-ring (bicyclic) bond motifs is 2. The van der Waals surface area contributed by atoms with E-state index in [1.54, 1.807) is 12.4 Å². The molecule has 3 aromatic heterocycles. The van der Waals surface area contributed by atoms with Crippen molar-refractivity contribution in [3.63, 3.8) is 0 Å². The van der Waals surface area contributed by atoms with E-state index < -0.39 is 0 Å². The summed E-state index contributed by atoms with van der Waals surface area (Å²) in [4.78, 5) is 19.4. The third-order valence-corrected chi connectivity index (χ3v) is 4.94. The van der Waals surface area contributed by atoms with Crippen molar-refractivity contribution in [2.75, 3.05) is 6.54 Å². The summed E-state index contributed by atoms with van der Waals surface area (Å²) < 4.78 is 0. The maximum Gasteiger partial charge on any atom is 0.159 e. The third kappa shape index (κ3) is 2.86. The predicted molar refractivity (Wildman–Crippen MR) is 101 cm³/mol. The molecule has 0 saturated heterocycles. The zero-order valence-corrected chi connectivity index (χ0v) is 14.4. The Balaban J connectivity index is 1.38. The lowest BCUT2D eigenvalue weighted by Gasteiger charge is -2.27. The van der Waals surface area contributed by atoms with Gasteiger partial charge in [-0.1, -0.05) is 18.2 Å². The Bertz CT molecular complexity index is 1020. The monoisotopic (exact) mass is 341 g/mol. The number of nitrogens with one attached hydrogen (secondary N) is 1. The van der Waals surface area contributed by atoms with E-state index in [0.717, 1.165) is 43.1 Å². The summed E-state index contributed by atoms with van der Waals surface area (Å²) in [6, 6.07) is 14.6. The van der Waals surface area contributed by atoms with Crippen LogP contribution < -0.4 is 0 Å². The Morgan fingerprint density at radius 2 is 1.96 bits per heavy atom. The summed E-state index contributed by atoms with van der Waals surface area (Å²) in [5.74, 6) is 0.776. The van der Waals surface area contributed by atoms with Gasteiger partial charge in [-0.15, -0.1) is 0 Å². The molecule has 0 saturated carbocycles. The van der Waals surface area contributed by atoms with Crippen LogP contribution in [0.3, 0.4) is 0 Å². The second-order valence-corrected chi connectivity index (χ2v) is 6.74. The van der Waals surface area contributed by atoms with Crippen molar-refractivity contribution in [3.8, 4) is 11.4 Å². The molecule has 4 heterocycles. The van der Waals surface area contributed by atoms with Gasteiger partial charge in [0.2, 0.25) is 0 Å². The summed E-state index contributed by atoms with van der Waals surface area (Å²) in [5, 5.41) is 1.27. The number of hydrogen-bond acceptors (Lipinski definition) is 4. The van der Waals surface area contributed by atoms with Gasteiger partial charge >= 0.3 is 0 Å². The van der Waals surface area contributed by atoms with Crippen LogP contribution in [-0.4, -0.2) is 31.4 Å². The zero-order valence-electron chi connectivity index (χ0n) is 14.4.